The van der Waals surface area contributed by atoms with Crippen LogP contribution in [0, 0.1) is 22.7 Å². The summed E-state index contributed by atoms with van der Waals surface area (Å²) in [5.74, 6) is -0.0796. The number of carbonyl (C=O) groups is 1. The molecule has 0 aliphatic rings. The first kappa shape index (κ1) is 14.3. The lowest BCUT2D eigenvalue weighted by Gasteiger charge is -2.06. The van der Waals surface area contributed by atoms with E-state index in [1.807, 2.05) is 18.2 Å². The average molecular weight is 275 g/mol. The molecule has 1 amide bonds. The van der Waals surface area contributed by atoms with Crippen molar-refractivity contribution in [3.63, 3.8) is 0 Å². The van der Waals surface area contributed by atoms with Crippen molar-refractivity contribution in [2.75, 3.05) is 0 Å². The first-order valence-corrected chi connectivity index (χ1v) is 6.46. The van der Waals surface area contributed by atoms with Crippen molar-refractivity contribution in [3.05, 3.63) is 70.8 Å². The number of nitriles is 2. The number of carbonyl (C=O) groups excluding carboxylic acids is 1. The molecule has 0 saturated carbocycles. The van der Waals surface area contributed by atoms with Gasteiger partial charge in [-0.15, -0.1) is 0 Å². The minimum atomic E-state index is -0.0796. The third-order valence-electron chi connectivity index (χ3n) is 3.02. The molecule has 4 nitrogen and oxygen atoms in total. The van der Waals surface area contributed by atoms with Crippen LogP contribution in [0.15, 0.2) is 48.5 Å². The number of hydrogen-bond acceptors (Lipinski definition) is 3. The maximum atomic E-state index is 11.8. The van der Waals surface area contributed by atoms with Crippen molar-refractivity contribution >= 4 is 5.91 Å². The van der Waals surface area contributed by atoms with Crippen LogP contribution in [0.25, 0.3) is 0 Å². The lowest BCUT2D eigenvalue weighted by Crippen LogP contribution is -2.24. The highest BCUT2D eigenvalue weighted by Crippen LogP contribution is 2.05. The fourth-order valence-electron chi connectivity index (χ4n) is 1.84. The summed E-state index contributed by atoms with van der Waals surface area (Å²) in [4.78, 5) is 11.8. The van der Waals surface area contributed by atoms with E-state index in [1.165, 1.54) is 0 Å². The van der Waals surface area contributed by atoms with E-state index >= 15 is 0 Å². The Hall–Kier alpha value is -3.11. The summed E-state index contributed by atoms with van der Waals surface area (Å²) in [6.07, 6.45) is 0.280. The molecule has 2 aromatic rings. The standard InChI is InChI=1S/C17H13N3O/c18-10-14-3-1-13(2-4-14)9-17(21)20-12-16-7-5-15(11-19)6-8-16/h1-8H,9,12H2,(H,20,21). The van der Waals surface area contributed by atoms with E-state index in [0.717, 1.165) is 11.1 Å². The zero-order valence-corrected chi connectivity index (χ0v) is 11.3. The lowest BCUT2D eigenvalue weighted by molar-refractivity contribution is -0.120. The largest absolute Gasteiger partial charge is 0.352 e. The molecule has 0 aliphatic carbocycles. The SMILES string of the molecule is N#Cc1ccc(CNC(=O)Cc2ccc(C#N)cc2)cc1. The zero-order valence-electron chi connectivity index (χ0n) is 11.3. The molecule has 0 heterocycles. The number of nitrogens with zero attached hydrogens (tertiary/aromatic N) is 2. The molecule has 0 spiro atoms. The van der Waals surface area contributed by atoms with Crippen LogP contribution in [0.1, 0.15) is 22.3 Å². The van der Waals surface area contributed by atoms with Crippen molar-refractivity contribution in [2.24, 2.45) is 0 Å². The summed E-state index contributed by atoms with van der Waals surface area (Å²) in [7, 11) is 0. The second-order valence-corrected chi connectivity index (χ2v) is 4.57. The van der Waals surface area contributed by atoms with E-state index in [2.05, 4.69) is 11.4 Å². The molecule has 0 saturated heterocycles. The van der Waals surface area contributed by atoms with E-state index < -0.39 is 0 Å². The van der Waals surface area contributed by atoms with Gasteiger partial charge in [0.2, 0.25) is 5.91 Å². The minimum Gasteiger partial charge on any atom is -0.352 e. The molecule has 0 radical (unpaired) electrons. The Kier molecular flexibility index (Phi) is 4.69. The molecular weight excluding hydrogens is 262 g/mol. The van der Waals surface area contributed by atoms with Crippen LogP contribution in [0.5, 0.6) is 0 Å². The second-order valence-electron chi connectivity index (χ2n) is 4.57. The molecule has 0 fully saturated rings. The maximum Gasteiger partial charge on any atom is 0.224 e. The summed E-state index contributed by atoms with van der Waals surface area (Å²) in [5.41, 5.74) is 2.99. The highest BCUT2D eigenvalue weighted by atomic mass is 16.1. The van der Waals surface area contributed by atoms with Crippen LogP contribution in [0.2, 0.25) is 0 Å². The van der Waals surface area contributed by atoms with Gasteiger partial charge in [-0.1, -0.05) is 24.3 Å². The third-order valence-corrected chi connectivity index (χ3v) is 3.02. The van der Waals surface area contributed by atoms with Crippen LogP contribution in [0.3, 0.4) is 0 Å². The van der Waals surface area contributed by atoms with Gasteiger partial charge in [-0.05, 0) is 35.4 Å². The first-order chi connectivity index (χ1) is 10.2. The predicted octanol–water partition coefficient (Wildman–Crippen LogP) is 2.29. The van der Waals surface area contributed by atoms with Gasteiger partial charge in [0.05, 0.1) is 29.7 Å². The smallest absolute Gasteiger partial charge is 0.224 e. The van der Waals surface area contributed by atoms with Crippen molar-refractivity contribution in [3.8, 4) is 12.1 Å². The number of nitrogens with one attached hydrogen (secondary N) is 1. The lowest BCUT2D eigenvalue weighted by atomic mass is 10.1. The Morgan fingerprint density at radius 2 is 1.33 bits per heavy atom. The van der Waals surface area contributed by atoms with Crippen molar-refractivity contribution in [1.82, 2.24) is 5.32 Å². The van der Waals surface area contributed by atoms with E-state index in [9.17, 15) is 4.79 Å². The predicted molar refractivity (Wildman–Crippen MR) is 77.9 cm³/mol. The second kappa shape index (κ2) is 6.88. The Bertz CT molecular complexity index is 704. The molecule has 2 rings (SSSR count). The molecule has 0 aliphatic heterocycles. The van der Waals surface area contributed by atoms with Gasteiger partial charge < -0.3 is 5.32 Å². The first-order valence-electron chi connectivity index (χ1n) is 6.46. The summed E-state index contributed by atoms with van der Waals surface area (Å²) in [5, 5.41) is 20.2. The summed E-state index contributed by atoms with van der Waals surface area (Å²) in [6.45, 7) is 0.431. The van der Waals surface area contributed by atoms with Crippen molar-refractivity contribution in [1.29, 1.82) is 10.5 Å². The highest BCUT2D eigenvalue weighted by Gasteiger charge is 2.03. The van der Waals surface area contributed by atoms with Crippen molar-refractivity contribution < 1.29 is 4.79 Å². The average Bonchev–Trinajstić information content (AvgIpc) is 2.54. The van der Waals surface area contributed by atoms with Crippen molar-refractivity contribution in [2.45, 2.75) is 13.0 Å². The number of hydrogen-bond donors (Lipinski definition) is 1. The summed E-state index contributed by atoms with van der Waals surface area (Å²) in [6, 6.07) is 18.1. The fourth-order valence-corrected chi connectivity index (χ4v) is 1.84. The number of rotatable bonds is 4. The van der Waals surface area contributed by atoms with Crippen LogP contribution in [-0.4, -0.2) is 5.91 Å². The zero-order chi connectivity index (χ0) is 15.1. The van der Waals surface area contributed by atoms with Crippen LogP contribution in [-0.2, 0) is 17.8 Å². The molecule has 4 heteroatoms. The fraction of sp³-hybridized carbons (Fsp3) is 0.118. The van der Waals surface area contributed by atoms with Gasteiger partial charge in [-0.3, -0.25) is 4.79 Å². The monoisotopic (exact) mass is 275 g/mol. The minimum absolute atomic E-state index is 0.0796. The molecule has 1 N–H and O–H groups in total. The van der Waals surface area contributed by atoms with E-state index in [-0.39, 0.29) is 12.3 Å². The van der Waals surface area contributed by atoms with Gasteiger partial charge in [-0.2, -0.15) is 10.5 Å². The van der Waals surface area contributed by atoms with E-state index in [1.54, 1.807) is 36.4 Å². The Morgan fingerprint density at radius 1 is 0.857 bits per heavy atom. The van der Waals surface area contributed by atoms with Crippen LogP contribution in [0.4, 0.5) is 0 Å². The maximum absolute atomic E-state index is 11.8. The van der Waals surface area contributed by atoms with Crippen LogP contribution < -0.4 is 5.32 Å². The number of benzene rings is 2. The quantitative estimate of drug-likeness (QED) is 0.930. The Labute approximate surface area is 123 Å². The van der Waals surface area contributed by atoms with E-state index in [4.69, 9.17) is 10.5 Å². The molecule has 0 atom stereocenters. The van der Waals surface area contributed by atoms with Gasteiger partial charge in [0, 0.05) is 6.54 Å². The molecule has 0 bridgehead atoms. The highest BCUT2D eigenvalue weighted by molar-refractivity contribution is 5.78. The van der Waals surface area contributed by atoms with E-state index in [0.29, 0.717) is 17.7 Å². The Morgan fingerprint density at radius 3 is 1.81 bits per heavy atom. The van der Waals surface area contributed by atoms with Gasteiger partial charge in [0.25, 0.3) is 0 Å². The molecular formula is C17H13N3O. The molecule has 21 heavy (non-hydrogen) atoms. The normalized spacial score (nSPS) is 9.43. The molecule has 0 aromatic heterocycles. The molecule has 102 valence electrons. The van der Waals surface area contributed by atoms with Gasteiger partial charge in [-0.25, -0.2) is 0 Å². The van der Waals surface area contributed by atoms with Gasteiger partial charge in [0.15, 0.2) is 0 Å². The third kappa shape index (κ3) is 4.19. The summed E-state index contributed by atoms with van der Waals surface area (Å²) < 4.78 is 0. The topological polar surface area (TPSA) is 76.7 Å². The molecule has 2 aromatic carbocycles. The Balaban J connectivity index is 1.86. The number of amides is 1. The summed E-state index contributed by atoms with van der Waals surface area (Å²) >= 11 is 0. The van der Waals surface area contributed by atoms with Gasteiger partial charge in [0.1, 0.15) is 0 Å². The van der Waals surface area contributed by atoms with Crippen LogP contribution >= 0.6 is 0 Å². The molecule has 0 unspecified atom stereocenters. The van der Waals surface area contributed by atoms with Gasteiger partial charge >= 0.3 is 0 Å².